The second-order valence-corrected chi connectivity index (χ2v) is 5.69. The number of hydrogen-bond acceptors (Lipinski definition) is 2. The quantitative estimate of drug-likeness (QED) is 0.937. The molecule has 0 spiro atoms. The maximum Gasteiger partial charge on any atom is 0.340 e. The fourth-order valence-corrected chi connectivity index (χ4v) is 2.67. The summed E-state index contributed by atoms with van der Waals surface area (Å²) < 4.78 is 1.56. The van der Waals surface area contributed by atoms with E-state index in [0.717, 1.165) is 29.7 Å². The molecule has 0 saturated heterocycles. The van der Waals surface area contributed by atoms with Crippen molar-refractivity contribution in [1.82, 2.24) is 9.78 Å². The Balaban J connectivity index is 2.21. The van der Waals surface area contributed by atoms with E-state index in [2.05, 4.69) is 5.10 Å². The molecule has 0 aliphatic heterocycles. The Labute approximate surface area is 122 Å². The number of carbonyl (C=O) groups is 1. The molecule has 1 aromatic carbocycles. The Morgan fingerprint density at radius 3 is 2.70 bits per heavy atom. The van der Waals surface area contributed by atoms with Crippen molar-refractivity contribution in [3.05, 3.63) is 45.7 Å². The van der Waals surface area contributed by atoms with Crippen LogP contribution in [0.5, 0.6) is 0 Å². The van der Waals surface area contributed by atoms with E-state index in [0.29, 0.717) is 5.69 Å². The Hall–Kier alpha value is -1.81. The minimum Gasteiger partial charge on any atom is -0.478 e. The van der Waals surface area contributed by atoms with Crippen LogP contribution in [0.1, 0.15) is 45.9 Å². The van der Waals surface area contributed by atoms with E-state index in [1.807, 2.05) is 32.0 Å². The van der Waals surface area contributed by atoms with Crippen LogP contribution in [0.3, 0.4) is 0 Å². The number of nitrogens with zero attached hydrogens (tertiary/aromatic N) is 2. The number of carboxylic acids is 1. The molecule has 0 radical (unpaired) electrons. The number of aromatic nitrogens is 2. The first-order valence-corrected chi connectivity index (χ1v) is 6.96. The van der Waals surface area contributed by atoms with Gasteiger partial charge in [-0.1, -0.05) is 23.7 Å². The van der Waals surface area contributed by atoms with Gasteiger partial charge in [0.2, 0.25) is 0 Å². The molecule has 0 atom stereocenters. The highest BCUT2D eigenvalue weighted by Crippen LogP contribution is 2.43. The van der Waals surface area contributed by atoms with Crippen molar-refractivity contribution in [2.24, 2.45) is 0 Å². The highest BCUT2D eigenvalue weighted by atomic mass is 35.5. The molecule has 1 aliphatic rings. The monoisotopic (exact) mass is 290 g/mol. The smallest absolute Gasteiger partial charge is 0.340 e. The highest BCUT2D eigenvalue weighted by molar-refractivity contribution is 6.33. The standard InChI is InChI=1S/C15H15ClN2O2/c1-8-3-4-9(2)11(7-8)18-14(16)12(15(19)20)13(17-18)10-5-6-10/h3-4,7,10H,5-6H2,1-2H3,(H,19,20). The SMILES string of the molecule is Cc1ccc(C)c(-n2nc(C3CC3)c(C(=O)O)c2Cl)c1. The molecule has 0 bridgehead atoms. The second kappa shape index (κ2) is 4.63. The van der Waals surface area contributed by atoms with Crippen molar-refractivity contribution in [1.29, 1.82) is 0 Å². The lowest BCUT2D eigenvalue weighted by Gasteiger charge is -2.08. The summed E-state index contributed by atoms with van der Waals surface area (Å²) in [6, 6.07) is 5.96. The lowest BCUT2D eigenvalue weighted by molar-refractivity contribution is 0.0696. The average molecular weight is 291 g/mol. The van der Waals surface area contributed by atoms with Crippen LogP contribution in [0.15, 0.2) is 18.2 Å². The Bertz CT molecular complexity index is 702. The molecular formula is C15H15ClN2O2. The van der Waals surface area contributed by atoms with E-state index in [1.165, 1.54) is 0 Å². The molecule has 2 aromatic rings. The van der Waals surface area contributed by atoms with E-state index in [1.54, 1.807) is 4.68 Å². The third-order valence-corrected chi connectivity index (χ3v) is 3.98. The number of rotatable bonds is 3. The minimum absolute atomic E-state index is 0.148. The molecule has 1 heterocycles. The molecule has 3 rings (SSSR count). The van der Waals surface area contributed by atoms with Gasteiger partial charge in [-0.05, 0) is 43.9 Å². The fourth-order valence-electron chi connectivity index (χ4n) is 2.36. The van der Waals surface area contributed by atoms with Crippen molar-refractivity contribution >= 4 is 17.6 Å². The summed E-state index contributed by atoms with van der Waals surface area (Å²) in [5.41, 5.74) is 3.70. The predicted octanol–water partition coefficient (Wildman–Crippen LogP) is 3.72. The number of hydrogen-bond donors (Lipinski definition) is 1. The lowest BCUT2D eigenvalue weighted by Crippen LogP contribution is -2.01. The highest BCUT2D eigenvalue weighted by Gasteiger charge is 2.34. The largest absolute Gasteiger partial charge is 0.478 e. The zero-order valence-corrected chi connectivity index (χ0v) is 12.1. The topological polar surface area (TPSA) is 55.1 Å². The summed E-state index contributed by atoms with van der Waals surface area (Å²) in [6.07, 6.45) is 1.97. The molecule has 5 heteroatoms. The van der Waals surface area contributed by atoms with E-state index in [9.17, 15) is 9.90 Å². The van der Waals surface area contributed by atoms with E-state index in [-0.39, 0.29) is 16.6 Å². The number of aryl methyl sites for hydroxylation is 2. The van der Waals surface area contributed by atoms with Crippen LogP contribution >= 0.6 is 11.6 Å². The average Bonchev–Trinajstić information content (AvgIpc) is 3.16. The van der Waals surface area contributed by atoms with Gasteiger partial charge < -0.3 is 5.11 Å². The molecule has 1 aromatic heterocycles. The van der Waals surface area contributed by atoms with Crippen molar-refractivity contribution < 1.29 is 9.90 Å². The molecule has 1 saturated carbocycles. The zero-order chi connectivity index (χ0) is 14.4. The van der Waals surface area contributed by atoms with Gasteiger partial charge in [0.05, 0.1) is 11.4 Å². The van der Waals surface area contributed by atoms with Crippen LogP contribution in [0, 0.1) is 13.8 Å². The fraction of sp³-hybridized carbons (Fsp3) is 0.333. The van der Waals surface area contributed by atoms with Gasteiger partial charge in [0.1, 0.15) is 10.7 Å². The lowest BCUT2D eigenvalue weighted by atomic mass is 10.1. The van der Waals surface area contributed by atoms with Gasteiger partial charge in [0.25, 0.3) is 0 Å². The third-order valence-electron chi connectivity index (χ3n) is 3.63. The van der Waals surface area contributed by atoms with Gasteiger partial charge in [0, 0.05) is 5.92 Å². The van der Waals surface area contributed by atoms with Gasteiger partial charge in [-0.2, -0.15) is 5.10 Å². The van der Waals surface area contributed by atoms with Crippen molar-refractivity contribution in [3.63, 3.8) is 0 Å². The van der Waals surface area contributed by atoms with Gasteiger partial charge in [-0.3, -0.25) is 0 Å². The molecule has 1 N–H and O–H groups in total. The van der Waals surface area contributed by atoms with Crippen LogP contribution in [-0.2, 0) is 0 Å². The molecule has 1 fully saturated rings. The van der Waals surface area contributed by atoms with Crippen molar-refractivity contribution in [2.75, 3.05) is 0 Å². The first-order chi connectivity index (χ1) is 9.49. The predicted molar refractivity (Wildman–Crippen MR) is 77.0 cm³/mol. The summed E-state index contributed by atoms with van der Waals surface area (Å²) in [4.78, 5) is 11.4. The first-order valence-electron chi connectivity index (χ1n) is 6.58. The Morgan fingerprint density at radius 1 is 1.40 bits per heavy atom. The van der Waals surface area contributed by atoms with E-state index < -0.39 is 5.97 Å². The summed E-state index contributed by atoms with van der Waals surface area (Å²) in [5.74, 6) is -0.765. The van der Waals surface area contributed by atoms with Gasteiger partial charge in [-0.15, -0.1) is 0 Å². The maximum absolute atomic E-state index is 11.4. The summed E-state index contributed by atoms with van der Waals surface area (Å²) in [7, 11) is 0. The van der Waals surface area contributed by atoms with Gasteiger partial charge in [0.15, 0.2) is 0 Å². The van der Waals surface area contributed by atoms with Crippen LogP contribution in [0.2, 0.25) is 5.15 Å². The Kier molecular flexibility index (Phi) is 3.05. The van der Waals surface area contributed by atoms with E-state index >= 15 is 0 Å². The number of carboxylic acid groups (broad SMARTS) is 1. The molecule has 20 heavy (non-hydrogen) atoms. The van der Waals surface area contributed by atoms with Crippen molar-refractivity contribution in [3.8, 4) is 5.69 Å². The number of halogens is 1. The summed E-state index contributed by atoms with van der Waals surface area (Å²) >= 11 is 6.27. The molecule has 104 valence electrons. The molecule has 4 nitrogen and oxygen atoms in total. The number of aromatic carboxylic acids is 1. The van der Waals surface area contributed by atoms with Crippen LogP contribution in [0.4, 0.5) is 0 Å². The second-order valence-electron chi connectivity index (χ2n) is 5.33. The zero-order valence-electron chi connectivity index (χ0n) is 11.4. The molecule has 1 aliphatic carbocycles. The third kappa shape index (κ3) is 2.10. The maximum atomic E-state index is 11.4. The molecule has 0 unspecified atom stereocenters. The summed E-state index contributed by atoms with van der Waals surface area (Å²) in [6.45, 7) is 3.95. The van der Waals surface area contributed by atoms with E-state index in [4.69, 9.17) is 11.6 Å². The van der Waals surface area contributed by atoms with Gasteiger partial charge >= 0.3 is 5.97 Å². The van der Waals surface area contributed by atoms with Gasteiger partial charge in [-0.25, -0.2) is 9.48 Å². The Morgan fingerprint density at radius 2 is 2.10 bits per heavy atom. The number of benzene rings is 1. The normalized spacial score (nSPS) is 14.6. The summed E-state index contributed by atoms with van der Waals surface area (Å²) in [5, 5.41) is 14.0. The first kappa shape index (κ1) is 13.2. The molecular weight excluding hydrogens is 276 g/mol. The van der Waals surface area contributed by atoms with Crippen molar-refractivity contribution in [2.45, 2.75) is 32.6 Å². The minimum atomic E-state index is -1.01. The van der Waals surface area contributed by atoms with Crippen LogP contribution < -0.4 is 0 Å². The molecule has 0 amide bonds. The van der Waals surface area contributed by atoms with Crippen LogP contribution in [-0.4, -0.2) is 20.9 Å². The van der Waals surface area contributed by atoms with Crippen LogP contribution in [0.25, 0.3) is 5.69 Å².